The summed E-state index contributed by atoms with van der Waals surface area (Å²) in [5, 5.41) is 8.59. The topological polar surface area (TPSA) is 63.3 Å². The molecule has 2 unspecified atom stereocenters. The summed E-state index contributed by atoms with van der Waals surface area (Å²) >= 11 is 0. The Morgan fingerprint density at radius 3 is 2.65 bits per heavy atom. The maximum absolute atomic E-state index is 13.4. The molecule has 0 aliphatic heterocycles. The summed E-state index contributed by atoms with van der Waals surface area (Å²) in [5.74, 6) is -2.42. The van der Waals surface area contributed by atoms with Crippen LogP contribution in [0.15, 0.2) is 18.2 Å². The fraction of sp³-hybridized carbons (Fsp3) is 0.417. The molecule has 17 heavy (non-hydrogen) atoms. The molecule has 1 aromatic carbocycles. The Morgan fingerprint density at radius 1 is 1.47 bits per heavy atom. The fourth-order valence-electron chi connectivity index (χ4n) is 1.74. The van der Waals surface area contributed by atoms with Crippen LogP contribution in [0, 0.1) is 17.6 Å². The Hall–Kier alpha value is -1.49. The van der Waals surface area contributed by atoms with E-state index in [4.69, 9.17) is 10.8 Å². The van der Waals surface area contributed by atoms with E-state index < -0.39 is 23.6 Å². The van der Waals surface area contributed by atoms with E-state index in [0.29, 0.717) is 6.42 Å². The first-order chi connectivity index (χ1) is 7.90. The molecule has 0 aliphatic carbocycles. The van der Waals surface area contributed by atoms with Crippen molar-refractivity contribution in [2.45, 2.75) is 25.8 Å². The van der Waals surface area contributed by atoms with E-state index in [2.05, 4.69) is 0 Å². The van der Waals surface area contributed by atoms with Crippen LogP contribution in [0.3, 0.4) is 0 Å². The largest absolute Gasteiger partial charge is 0.481 e. The average Bonchev–Trinajstić information content (AvgIpc) is 2.15. The lowest BCUT2D eigenvalue weighted by Crippen LogP contribution is -2.17. The predicted octanol–water partition coefficient (Wildman–Crippen LogP) is 2.47. The monoisotopic (exact) mass is 243 g/mol. The van der Waals surface area contributed by atoms with Crippen LogP contribution in [0.5, 0.6) is 0 Å². The van der Waals surface area contributed by atoms with Crippen LogP contribution in [0.4, 0.5) is 8.78 Å². The zero-order valence-corrected chi connectivity index (χ0v) is 9.49. The van der Waals surface area contributed by atoms with Crippen molar-refractivity contribution in [3.8, 4) is 0 Å². The van der Waals surface area contributed by atoms with Crippen molar-refractivity contribution in [3.63, 3.8) is 0 Å². The Bertz CT molecular complexity index is 409. The van der Waals surface area contributed by atoms with Gasteiger partial charge in [-0.2, -0.15) is 0 Å². The minimum Gasteiger partial charge on any atom is -0.481 e. The number of carboxylic acids is 1. The summed E-state index contributed by atoms with van der Waals surface area (Å²) in [6.07, 6.45) is 0.325. The minimum absolute atomic E-state index is 0.0173. The SMILES string of the molecule is CC(CC(=O)O)CC(N)c1ccc(F)cc1F. The molecule has 0 fully saturated rings. The first-order valence-electron chi connectivity index (χ1n) is 5.32. The molecule has 0 heterocycles. The molecule has 0 aliphatic rings. The number of aliphatic carboxylic acids is 1. The van der Waals surface area contributed by atoms with Crippen molar-refractivity contribution in [1.29, 1.82) is 0 Å². The van der Waals surface area contributed by atoms with Crippen molar-refractivity contribution in [3.05, 3.63) is 35.4 Å². The second kappa shape index (κ2) is 5.72. The normalized spacial score (nSPS) is 14.4. The van der Waals surface area contributed by atoms with E-state index in [1.54, 1.807) is 6.92 Å². The zero-order chi connectivity index (χ0) is 13.0. The Labute approximate surface area is 98.2 Å². The summed E-state index contributed by atoms with van der Waals surface area (Å²) in [7, 11) is 0. The quantitative estimate of drug-likeness (QED) is 0.835. The molecule has 0 aromatic heterocycles. The summed E-state index contributed by atoms with van der Waals surface area (Å²) in [5.41, 5.74) is 5.98. The Kier molecular flexibility index (Phi) is 4.57. The number of hydrogen-bond acceptors (Lipinski definition) is 2. The van der Waals surface area contributed by atoms with E-state index >= 15 is 0 Å². The average molecular weight is 243 g/mol. The molecule has 1 rings (SSSR count). The van der Waals surface area contributed by atoms with Gasteiger partial charge in [-0.15, -0.1) is 0 Å². The molecule has 3 nitrogen and oxygen atoms in total. The molecule has 94 valence electrons. The molecular weight excluding hydrogens is 228 g/mol. The molecule has 0 radical (unpaired) electrons. The molecule has 0 amide bonds. The zero-order valence-electron chi connectivity index (χ0n) is 9.49. The smallest absolute Gasteiger partial charge is 0.303 e. The van der Waals surface area contributed by atoms with E-state index in [9.17, 15) is 13.6 Å². The van der Waals surface area contributed by atoms with Gasteiger partial charge in [0, 0.05) is 24.1 Å². The third kappa shape index (κ3) is 4.11. The molecular formula is C12H15F2NO2. The van der Waals surface area contributed by atoms with Crippen molar-refractivity contribution >= 4 is 5.97 Å². The molecule has 0 saturated carbocycles. The highest BCUT2D eigenvalue weighted by molar-refractivity contribution is 5.66. The lowest BCUT2D eigenvalue weighted by atomic mass is 9.94. The van der Waals surface area contributed by atoms with Gasteiger partial charge in [0.2, 0.25) is 0 Å². The highest BCUT2D eigenvalue weighted by atomic mass is 19.1. The maximum atomic E-state index is 13.4. The molecule has 3 N–H and O–H groups in total. The van der Waals surface area contributed by atoms with Crippen LogP contribution in [0.2, 0.25) is 0 Å². The first-order valence-corrected chi connectivity index (χ1v) is 5.32. The molecule has 0 spiro atoms. The number of nitrogens with two attached hydrogens (primary N) is 1. The van der Waals surface area contributed by atoms with E-state index in [1.165, 1.54) is 6.07 Å². The van der Waals surface area contributed by atoms with E-state index in [-0.39, 0.29) is 17.9 Å². The Morgan fingerprint density at radius 2 is 2.12 bits per heavy atom. The first kappa shape index (κ1) is 13.6. The number of carboxylic acid groups (broad SMARTS) is 1. The van der Waals surface area contributed by atoms with Crippen LogP contribution in [-0.2, 0) is 4.79 Å². The lowest BCUT2D eigenvalue weighted by Gasteiger charge is -2.16. The van der Waals surface area contributed by atoms with Gasteiger partial charge in [0.05, 0.1) is 0 Å². The van der Waals surface area contributed by atoms with Gasteiger partial charge in [0.15, 0.2) is 0 Å². The fourth-order valence-corrected chi connectivity index (χ4v) is 1.74. The van der Waals surface area contributed by atoms with Crippen molar-refractivity contribution in [1.82, 2.24) is 0 Å². The van der Waals surface area contributed by atoms with Crippen molar-refractivity contribution in [2.75, 3.05) is 0 Å². The van der Waals surface area contributed by atoms with Gasteiger partial charge < -0.3 is 10.8 Å². The standard InChI is InChI=1S/C12H15F2NO2/c1-7(5-12(16)17)4-11(15)9-3-2-8(13)6-10(9)14/h2-3,6-7,11H,4-5,15H2,1H3,(H,16,17). The van der Waals surface area contributed by atoms with Gasteiger partial charge in [0.25, 0.3) is 0 Å². The molecule has 0 bridgehead atoms. The lowest BCUT2D eigenvalue weighted by molar-refractivity contribution is -0.138. The molecule has 0 saturated heterocycles. The second-order valence-corrected chi connectivity index (χ2v) is 4.21. The highest BCUT2D eigenvalue weighted by Crippen LogP contribution is 2.23. The number of hydrogen-bond donors (Lipinski definition) is 2. The highest BCUT2D eigenvalue weighted by Gasteiger charge is 2.17. The minimum atomic E-state index is -0.913. The summed E-state index contributed by atoms with van der Waals surface area (Å²) in [6, 6.07) is 2.59. The third-order valence-corrected chi connectivity index (χ3v) is 2.54. The number of rotatable bonds is 5. The second-order valence-electron chi connectivity index (χ2n) is 4.21. The third-order valence-electron chi connectivity index (χ3n) is 2.54. The van der Waals surface area contributed by atoms with Crippen LogP contribution in [0.1, 0.15) is 31.4 Å². The number of halogens is 2. The number of carbonyl (C=O) groups is 1. The van der Waals surface area contributed by atoms with E-state index in [1.807, 2.05) is 0 Å². The van der Waals surface area contributed by atoms with Crippen LogP contribution in [0.25, 0.3) is 0 Å². The van der Waals surface area contributed by atoms with Gasteiger partial charge in [0.1, 0.15) is 11.6 Å². The van der Waals surface area contributed by atoms with Crippen molar-refractivity contribution in [2.24, 2.45) is 11.7 Å². The van der Waals surface area contributed by atoms with Crippen LogP contribution in [-0.4, -0.2) is 11.1 Å². The van der Waals surface area contributed by atoms with Crippen LogP contribution >= 0.6 is 0 Å². The van der Waals surface area contributed by atoms with Gasteiger partial charge in [-0.05, 0) is 18.4 Å². The van der Waals surface area contributed by atoms with E-state index in [0.717, 1.165) is 12.1 Å². The summed E-state index contributed by atoms with van der Waals surface area (Å²) in [4.78, 5) is 10.5. The van der Waals surface area contributed by atoms with Gasteiger partial charge >= 0.3 is 5.97 Å². The molecule has 5 heteroatoms. The van der Waals surface area contributed by atoms with Crippen molar-refractivity contribution < 1.29 is 18.7 Å². The Balaban J connectivity index is 2.69. The molecule has 1 aromatic rings. The maximum Gasteiger partial charge on any atom is 0.303 e. The van der Waals surface area contributed by atoms with Gasteiger partial charge in [-0.25, -0.2) is 8.78 Å². The summed E-state index contributed by atoms with van der Waals surface area (Å²) < 4.78 is 26.1. The summed E-state index contributed by atoms with van der Waals surface area (Å²) in [6.45, 7) is 1.73. The number of benzene rings is 1. The van der Waals surface area contributed by atoms with Crippen LogP contribution < -0.4 is 5.73 Å². The predicted molar refractivity (Wildman–Crippen MR) is 59.3 cm³/mol. The van der Waals surface area contributed by atoms with Gasteiger partial charge in [-0.1, -0.05) is 13.0 Å². The molecule has 2 atom stereocenters. The van der Waals surface area contributed by atoms with Gasteiger partial charge in [-0.3, -0.25) is 4.79 Å².